The molecule has 1 aromatic carbocycles. The summed E-state index contributed by atoms with van der Waals surface area (Å²) in [6, 6.07) is 3.79. The van der Waals surface area contributed by atoms with Crippen LogP contribution in [0.25, 0.3) is 0 Å². The van der Waals surface area contributed by atoms with Crippen molar-refractivity contribution in [2.45, 2.75) is 45.1 Å². The summed E-state index contributed by atoms with van der Waals surface area (Å²) in [5.41, 5.74) is -0.116. The second kappa shape index (κ2) is 9.65. The summed E-state index contributed by atoms with van der Waals surface area (Å²) in [6.45, 7) is 6.38. The van der Waals surface area contributed by atoms with Crippen LogP contribution < -0.4 is 14.2 Å². The van der Waals surface area contributed by atoms with Gasteiger partial charge in [0, 0.05) is 12.7 Å². The lowest BCUT2D eigenvalue weighted by atomic mass is 9.64. The van der Waals surface area contributed by atoms with Crippen LogP contribution in [-0.2, 0) is 14.2 Å². The van der Waals surface area contributed by atoms with Crippen molar-refractivity contribution < 1.29 is 28.4 Å². The summed E-state index contributed by atoms with van der Waals surface area (Å²) in [6.07, 6.45) is 5.53. The zero-order valence-electron chi connectivity index (χ0n) is 19.8. The van der Waals surface area contributed by atoms with Crippen molar-refractivity contribution in [1.29, 1.82) is 0 Å². The van der Waals surface area contributed by atoms with E-state index in [9.17, 15) is 0 Å². The van der Waals surface area contributed by atoms with Crippen molar-refractivity contribution in [1.82, 2.24) is 0 Å². The normalized spacial score (nSPS) is 24.4. The van der Waals surface area contributed by atoms with Crippen molar-refractivity contribution in [3.8, 4) is 17.2 Å². The minimum Gasteiger partial charge on any atom is -0.497 e. The Hall–Kier alpha value is -2.34. The fourth-order valence-corrected chi connectivity index (χ4v) is 4.51. The maximum Gasteiger partial charge on any atom is 0.167 e. The minimum atomic E-state index is -0.590. The molecule has 168 valence electrons. The van der Waals surface area contributed by atoms with E-state index in [0.29, 0.717) is 23.7 Å². The molecule has 0 bridgehead atoms. The van der Waals surface area contributed by atoms with Gasteiger partial charge in [0.05, 0.1) is 46.6 Å². The highest BCUT2D eigenvalue weighted by molar-refractivity contribution is 5.56. The van der Waals surface area contributed by atoms with E-state index >= 15 is 0 Å². The van der Waals surface area contributed by atoms with Gasteiger partial charge < -0.3 is 28.4 Å². The van der Waals surface area contributed by atoms with Gasteiger partial charge >= 0.3 is 0 Å². The molecule has 6 heteroatoms. The largest absolute Gasteiger partial charge is 0.497 e. The third-order valence-corrected chi connectivity index (χ3v) is 6.54. The molecule has 0 amide bonds. The number of ether oxygens (including phenoxy) is 6. The van der Waals surface area contributed by atoms with E-state index in [-0.39, 0.29) is 5.92 Å². The third-order valence-electron chi connectivity index (χ3n) is 6.54. The van der Waals surface area contributed by atoms with E-state index in [1.165, 1.54) is 0 Å². The second-order valence-electron chi connectivity index (χ2n) is 7.80. The smallest absolute Gasteiger partial charge is 0.167 e. The Morgan fingerprint density at radius 1 is 0.833 bits per heavy atom. The number of allylic oxidation sites excluding steroid dienone is 1. The van der Waals surface area contributed by atoms with Crippen LogP contribution in [0.2, 0.25) is 0 Å². The van der Waals surface area contributed by atoms with Gasteiger partial charge in [-0.15, -0.1) is 0 Å². The van der Waals surface area contributed by atoms with Crippen molar-refractivity contribution in [2.75, 3.05) is 42.7 Å². The molecule has 1 aliphatic carbocycles. The lowest BCUT2D eigenvalue weighted by Crippen LogP contribution is -2.48. The van der Waals surface area contributed by atoms with Gasteiger partial charge in [0.2, 0.25) is 0 Å². The van der Waals surface area contributed by atoms with Gasteiger partial charge in [-0.25, -0.2) is 0 Å². The van der Waals surface area contributed by atoms with Crippen LogP contribution >= 0.6 is 0 Å². The van der Waals surface area contributed by atoms with Crippen molar-refractivity contribution in [3.63, 3.8) is 0 Å². The number of hydrogen-bond donors (Lipinski definition) is 0. The van der Waals surface area contributed by atoms with Crippen LogP contribution in [0.4, 0.5) is 0 Å². The first-order valence-corrected chi connectivity index (χ1v) is 10.2. The number of methoxy groups -OCH3 is 6. The molecule has 1 aliphatic rings. The van der Waals surface area contributed by atoms with E-state index < -0.39 is 11.0 Å². The van der Waals surface area contributed by atoms with Gasteiger partial charge in [0.1, 0.15) is 11.5 Å². The molecule has 0 radical (unpaired) electrons. The van der Waals surface area contributed by atoms with Gasteiger partial charge in [0.25, 0.3) is 0 Å². The van der Waals surface area contributed by atoms with E-state index in [0.717, 1.165) is 23.5 Å². The second-order valence-corrected chi connectivity index (χ2v) is 7.80. The molecule has 0 saturated heterocycles. The van der Waals surface area contributed by atoms with Crippen molar-refractivity contribution in [2.24, 2.45) is 5.41 Å². The number of rotatable bonds is 10. The monoisotopic (exact) mass is 420 g/mol. The van der Waals surface area contributed by atoms with Gasteiger partial charge in [-0.1, -0.05) is 6.92 Å². The van der Waals surface area contributed by atoms with Gasteiger partial charge in [0.15, 0.2) is 17.3 Å². The molecule has 1 aromatic rings. The molecule has 2 rings (SSSR count). The number of benzene rings is 1. The zero-order chi connectivity index (χ0) is 22.5. The summed E-state index contributed by atoms with van der Waals surface area (Å²) in [5, 5.41) is 0. The Morgan fingerprint density at radius 2 is 1.47 bits per heavy atom. The topological polar surface area (TPSA) is 55.4 Å². The fourth-order valence-electron chi connectivity index (χ4n) is 4.51. The van der Waals surface area contributed by atoms with Gasteiger partial charge in [-0.2, -0.15) is 0 Å². The minimum absolute atomic E-state index is 0.0826. The zero-order valence-corrected chi connectivity index (χ0v) is 19.8. The van der Waals surface area contributed by atoms with E-state index in [1.54, 1.807) is 42.7 Å². The Balaban J connectivity index is 2.68. The Labute approximate surface area is 180 Å². The predicted molar refractivity (Wildman–Crippen MR) is 117 cm³/mol. The highest BCUT2D eigenvalue weighted by Gasteiger charge is 2.52. The van der Waals surface area contributed by atoms with Crippen LogP contribution in [0.5, 0.6) is 17.2 Å². The molecule has 0 aliphatic heterocycles. The Bertz CT molecular complexity index is 799. The highest BCUT2D eigenvalue weighted by Crippen LogP contribution is 2.55. The molecule has 0 heterocycles. The van der Waals surface area contributed by atoms with E-state index in [4.69, 9.17) is 28.4 Å². The maximum atomic E-state index is 6.01. The summed E-state index contributed by atoms with van der Waals surface area (Å²) >= 11 is 0. The molecule has 30 heavy (non-hydrogen) atoms. The SMILES string of the molecule is CC[C@@H](C[C@@]1(C)C(OC)=C(OC)C=C[C@@]1(C)OC)c1c(OC)ccc(OC)c1OC. The molecule has 0 fully saturated rings. The third kappa shape index (κ3) is 3.85. The highest BCUT2D eigenvalue weighted by atomic mass is 16.5. The summed E-state index contributed by atoms with van der Waals surface area (Å²) in [5.74, 6) is 3.68. The molecular formula is C24H36O6. The maximum absolute atomic E-state index is 6.01. The van der Waals surface area contributed by atoms with Crippen LogP contribution in [0, 0.1) is 5.41 Å². The first-order valence-electron chi connectivity index (χ1n) is 10.2. The average Bonchev–Trinajstić information content (AvgIpc) is 2.77. The van der Waals surface area contributed by atoms with Crippen LogP contribution in [-0.4, -0.2) is 48.3 Å². The lowest BCUT2D eigenvalue weighted by molar-refractivity contribution is -0.0727. The molecule has 3 atom stereocenters. The molecule has 0 aromatic heterocycles. The van der Waals surface area contributed by atoms with E-state index in [1.807, 2.05) is 24.3 Å². The van der Waals surface area contributed by atoms with Crippen molar-refractivity contribution >= 4 is 0 Å². The fraction of sp³-hybridized carbons (Fsp3) is 0.583. The quantitative estimate of drug-likeness (QED) is 0.526. The van der Waals surface area contributed by atoms with Crippen LogP contribution in [0.15, 0.2) is 35.8 Å². The van der Waals surface area contributed by atoms with Crippen LogP contribution in [0.3, 0.4) is 0 Å². The standard InChI is InChI=1S/C24H36O6/c1-10-16(20-17(25-4)11-12-18(26-5)21(20)28-7)15-23(2)22(29-8)19(27-6)13-14-24(23,3)30-9/h11-14,16H,10,15H2,1-9H3/t16-,23-,24+/m0/s1. The molecule has 0 unspecified atom stereocenters. The van der Waals surface area contributed by atoms with Gasteiger partial charge in [-0.3, -0.25) is 0 Å². The molecule has 0 saturated carbocycles. The average molecular weight is 421 g/mol. The summed E-state index contributed by atoms with van der Waals surface area (Å²) in [4.78, 5) is 0. The summed E-state index contributed by atoms with van der Waals surface area (Å²) in [7, 11) is 10.0. The van der Waals surface area contributed by atoms with Crippen LogP contribution in [0.1, 0.15) is 45.1 Å². The number of hydrogen-bond acceptors (Lipinski definition) is 6. The van der Waals surface area contributed by atoms with E-state index in [2.05, 4.69) is 20.8 Å². The molecule has 0 N–H and O–H groups in total. The molecule has 6 nitrogen and oxygen atoms in total. The Morgan fingerprint density at radius 3 is 1.93 bits per heavy atom. The molecular weight excluding hydrogens is 384 g/mol. The van der Waals surface area contributed by atoms with Crippen molar-refractivity contribution in [3.05, 3.63) is 41.4 Å². The predicted octanol–water partition coefficient (Wildman–Crippen LogP) is 5.08. The first kappa shape index (κ1) is 23.9. The first-order chi connectivity index (χ1) is 14.3. The molecule has 0 spiro atoms. The summed E-state index contributed by atoms with van der Waals surface area (Å²) < 4.78 is 34.6. The Kier molecular flexibility index (Phi) is 7.70. The van der Waals surface area contributed by atoms with Gasteiger partial charge in [-0.05, 0) is 56.9 Å². The lowest BCUT2D eigenvalue weighted by Gasteiger charge is -2.48.